The molecule has 0 radical (unpaired) electrons. The van der Waals surface area contributed by atoms with Crippen LogP contribution in [0.25, 0.3) is 0 Å². The van der Waals surface area contributed by atoms with Crippen LogP contribution in [0.1, 0.15) is 0 Å². The third kappa shape index (κ3) is 1.30. The molecule has 1 atom stereocenters. The zero-order valence-corrected chi connectivity index (χ0v) is 4.97. The van der Waals surface area contributed by atoms with Crippen molar-refractivity contribution in [2.45, 2.75) is 0 Å². The predicted molar refractivity (Wildman–Crippen MR) is 35.6 cm³/mol. The average molecular weight is 130 g/mol. The number of rotatable bonds is 1. The van der Waals surface area contributed by atoms with Gasteiger partial charge in [0.15, 0.2) is 0 Å². The van der Waals surface area contributed by atoms with Gasteiger partial charge in [-0.05, 0) is 10.8 Å². The summed E-state index contributed by atoms with van der Waals surface area (Å²) in [6, 6.07) is 0. The molecule has 1 aliphatic rings. The molecule has 0 spiro atoms. The Kier molecular flexibility index (Phi) is 2.02. The summed E-state index contributed by atoms with van der Waals surface area (Å²) in [5.74, 6) is 0. The van der Waals surface area contributed by atoms with Crippen molar-refractivity contribution < 1.29 is 9.59 Å². The molecule has 1 aliphatic heterocycles. The quantitative estimate of drug-likeness (QED) is 0.331. The Morgan fingerprint density at radius 1 is 1.25 bits per heavy atom. The number of allylic oxidation sites excluding steroid dienone is 3. The van der Waals surface area contributed by atoms with Crippen molar-refractivity contribution in [1.29, 1.82) is 0 Å². The summed E-state index contributed by atoms with van der Waals surface area (Å²) in [4.78, 5) is 0. The van der Waals surface area contributed by atoms with Crippen molar-refractivity contribution >= 4 is 16.1 Å². The van der Waals surface area contributed by atoms with Gasteiger partial charge in [0.2, 0.25) is 0 Å². The summed E-state index contributed by atoms with van der Waals surface area (Å²) >= 11 is 0. The lowest BCUT2D eigenvalue weighted by Crippen LogP contribution is -1.75. The standard InChI is InChI=1S/C5H6O2S/c6-7-8-4-2-1-3-5-8/h1-6H. The SMILES string of the molecule is OOS1=CC=CC=C1. The third-order valence-electron chi connectivity index (χ3n) is 0.734. The molecular weight excluding hydrogens is 124 g/mol. The van der Waals surface area contributed by atoms with Gasteiger partial charge in [-0.3, -0.25) is 0 Å². The van der Waals surface area contributed by atoms with E-state index < -0.39 is 10.8 Å². The normalized spacial score (nSPS) is 25.4. The lowest BCUT2D eigenvalue weighted by atomic mass is 10.5. The van der Waals surface area contributed by atoms with Crippen LogP contribution in [0.4, 0.5) is 0 Å². The van der Waals surface area contributed by atoms with Gasteiger partial charge >= 0.3 is 0 Å². The van der Waals surface area contributed by atoms with Crippen LogP contribution in [-0.2, 0) is 4.33 Å². The van der Waals surface area contributed by atoms with Crippen LogP contribution >= 0.6 is 10.8 Å². The number of hydrogen-bond acceptors (Lipinski definition) is 2. The fourth-order valence-corrected chi connectivity index (χ4v) is 1.09. The van der Waals surface area contributed by atoms with Crippen LogP contribution in [0.5, 0.6) is 0 Å². The molecular formula is C5H6O2S. The molecule has 0 aromatic heterocycles. The van der Waals surface area contributed by atoms with Crippen LogP contribution < -0.4 is 0 Å². The van der Waals surface area contributed by atoms with Crippen molar-refractivity contribution in [3.63, 3.8) is 0 Å². The van der Waals surface area contributed by atoms with Gasteiger partial charge in [-0.15, -0.1) is 0 Å². The highest BCUT2D eigenvalue weighted by molar-refractivity contribution is 8.13. The van der Waals surface area contributed by atoms with Gasteiger partial charge in [-0.2, -0.15) is 4.33 Å². The van der Waals surface area contributed by atoms with Gasteiger partial charge in [0.05, 0.1) is 0 Å². The molecule has 0 aromatic rings. The second-order valence-corrected chi connectivity index (χ2v) is 2.60. The van der Waals surface area contributed by atoms with E-state index >= 15 is 0 Å². The van der Waals surface area contributed by atoms with Gasteiger partial charge < -0.3 is 0 Å². The fraction of sp³-hybridized carbons (Fsp3) is 0. The maximum absolute atomic E-state index is 8.09. The summed E-state index contributed by atoms with van der Waals surface area (Å²) in [6.45, 7) is 0. The van der Waals surface area contributed by atoms with E-state index in [-0.39, 0.29) is 0 Å². The zero-order chi connectivity index (χ0) is 5.82. The Balaban J connectivity index is 2.68. The van der Waals surface area contributed by atoms with E-state index in [0.29, 0.717) is 0 Å². The van der Waals surface area contributed by atoms with Gasteiger partial charge in [0, 0.05) is 10.8 Å². The molecule has 0 saturated carbocycles. The molecule has 0 bridgehead atoms. The van der Waals surface area contributed by atoms with Crippen molar-refractivity contribution in [2.24, 2.45) is 0 Å². The highest BCUT2D eigenvalue weighted by atomic mass is 32.2. The Morgan fingerprint density at radius 2 is 2.12 bits per heavy atom. The van der Waals surface area contributed by atoms with E-state index in [0.717, 1.165) is 0 Å². The Labute approximate surface area is 50.2 Å². The van der Waals surface area contributed by atoms with E-state index in [2.05, 4.69) is 4.33 Å². The molecule has 0 saturated heterocycles. The third-order valence-corrected chi connectivity index (χ3v) is 1.76. The van der Waals surface area contributed by atoms with Crippen LogP contribution in [0.15, 0.2) is 23.6 Å². The molecule has 0 aromatic carbocycles. The molecule has 2 nitrogen and oxygen atoms in total. The largest absolute Gasteiger partial charge is 0.240 e. The van der Waals surface area contributed by atoms with Gasteiger partial charge in [0.1, 0.15) is 0 Å². The minimum Gasteiger partial charge on any atom is -0.240 e. The Hall–Kier alpha value is -0.380. The first-order valence-electron chi connectivity index (χ1n) is 2.15. The summed E-state index contributed by atoms with van der Waals surface area (Å²) in [6.07, 6.45) is 5.54. The zero-order valence-electron chi connectivity index (χ0n) is 4.15. The van der Waals surface area contributed by atoms with E-state index in [1.165, 1.54) is 0 Å². The minimum atomic E-state index is -0.488. The summed E-state index contributed by atoms with van der Waals surface area (Å²) in [5, 5.41) is 11.6. The molecule has 1 unspecified atom stereocenters. The van der Waals surface area contributed by atoms with Gasteiger partial charge in [-0.1, -0.05) is 18.2 Å². The van der Waals surface area contributed by atoms with Crippen LogP contribution in [0.2, 0.25) is 0 Å². The van der Waals surface area contributed by atoms with Crippen LogP contribution in [0, 0.1) is 0 Å². The summed E-state index contributed by atoms with van der Waals surface area (Å²) in [7, 11) is -0.488. The van der Waals surface area contributed by atoms with Crippen molar-refractivity contribution in [3.8, 4) is 0 Å². The molecule has 8 heavy (non-hydrogen) atoms. The predicted octanol–water partition coefficient (Wildman–Crippen LogP) is 1.55. The van der Waals surface area contributed by atoms with Crippen LogP contribution in [-0.4, -0.2) is 10.6 Å². The Bertz CT molecular complexity index is 158. The maximum atomic E-state index is 8.09. The second kappa shape index (κ2) is 2.81. The van der Waals surface area contributed by atoms with Crippen molar-refractivity contribution in [3.05, 3.63) is 23.6 Å². The molecule has 0 aliphatic carbocycles. The molecule has 0 amide bonds. The Morgan fingerprint density at radius 3 is 2.50 bits per heavy atom. The molecule has 1 rings (SSSR count). The monoisotopic (exact) mass is 130 g/mol. The van der Waals surface area contributed by atoms with E-state index in [1.54, 1.807) is 10.8 Å². The maximum Gasteiger partial charge on any atom is 0.00313 e. The highest BCUT2D eigenvalue weighted by Crippen LogP contribution is 2.15. The second-order valence-electron chi connectivity index (χ2n) is 1.25. The molecule has 0 fully saturated rings. The summed E-state index contributed by atoms with van der Waals surface area (Å²) < 4.78 is 4.03. The van der Waals surface area contributed by atoms with Gasteiger partial charge in [0.25, 0.3) is 0 Å². The first kappa shape index (κ1) is 5.75. The first-order valence-corrected chi connectivity index (χ1v) is 3.43. The highest BCUT2D eigenvalue weighted by Gasteiger charge is 1.86. The van der Waals surface area contributed by atoms with Gasteiger partial charge in [-0.25, -0.2) is 5.26 Å². The fourth-order valence-electron chi connectivity index (χ4n) is 0.405. The van der Waals surface area contributed by atoms with E-state index in [4.69, 9.17) is 5.26 Å². The number of hydrogen-bond donors (Lipinski definition) is 1. The average Bonchev–Trinajstić information content (AvgIpc) is 1.90. The molecule has 1 N–H and O–H groups in total. The lowest BCUT2D eigenvalue weighted by molar-refractivity contribution is -0.116. The van der Waals surface area contributed by atoms with Crippen molar-refractivity contribution in [1.82, 2.24) is 0 Å². The van der Waals surface area contributed by atoms with E-state index in [9.17, 15) is 0 Å². The molecule has 3 heteroatoms. The van der Waals surface area contributed by atoms with Crippen molar-refractivity contribution in [2.75, 3.05) is 0 Å². The topological polar surface area (TPSA) is 29.5 Å². The lowest BCUT2D eigenvalue weighted by Gasteiger charge is -1.95. The molecule has 1 heterocycles. The minimum absolute atomic E-state index is 0.488. The smallest absolute Gasteiger partial charge is 0.00313 e. The van der Waals surface area contributed by atoms with Crippen LogP contribution in [0.3, 0.4) is 0 Å². The van der Waals surface area contributed by atoms with E-state index in [1.807, 2.05) is 18.2 Å². The molecule has 44 valence electrons. The first-order chi connectivity index (χ1) is 3.93. The summed E-state index contributed by atoms with van der Waals surface area (Å²) in [5.41, 5.74) is 0.